The third-order valence-corrected chi connectivity index (χ3v) is 5.95. The Kier molecular flexibility index (Phi) is 6.50. The van der Waals surface area contributed by atoms with E-state index in [0.29, 0.717) is 31.7 Å². The van der Waals surface area contributed by atoms with Crippen molar-refractivity contribution in [3.05, 3.63) is 18.1 Å². The van der Waals surface area contributed by atoms with Crippen molar-refractivity contribution in [3.8, 4) is 6.07 Å². The van der Waals surface area contributed by atoms with Crippen molar-refractivity contribution in [1.29, 1.82) is 5.26 Å². The molecule has 25 heavy (non-hydrogen) atoms. The standard InChI is InChI=1S/C15H19N3O5S2/c1-2-24-10-14(19)17-25(21,22)12-7-13(23-9-12)15(20)18-5-3-11(8-16)4-6-18/h7,9,11H,2-6,10H2,1H3,(H,17,19). The monoisotopic (exact) mass is 385 g/mol. The second kappa shape index (κ2) is 8.40. The number of amides is 2. The molecule has 1 N–H and O–H groups in total. The first-order valence-corrected chi connectivity index (χ1v) is 10.4. The van der Waals surface area contributed by atoms with Crippen molar-refractivity contribution in [2.75, 3.05) is 24.6 Å². The lowest BCUT2D eigenvalue weighted by atomic mass is 9.98. The van der Waals surface area contributed by atoms with Crippen LogP contribution < -0.4 is 4.72 Å². The molecule has 2 heterocycles. The van der Waals surface area contributed by atoms with Crippen LogP contribution in [0.5, 0.6) is 0 Å². The van der Waals surface area contributed by atoms with E-state index in [2.05, 4.69) is 6.07 Å². The third-order valence-electron chi connectivity index (χ3n) is 3.75. The summed E-state index contributed by atoms with van der Waals surface area (Å²) in [7, 11) is -4.07. The molecule has 0 aromatic carbocycles. The number of nitrogens with zero attached hydrogens (tertiary/aromatic N) is 2. The Morgan fingerprint density at radius 3 is 2.72 bits per heavy atom. The molecule has 1 aliphatic heterocycles. The predicted molar refractivity (Wildman–Crippen MR) is 91.3 cm³/mol. The number of nitriles is 1. The van der Waals surface area contributed by atoms with Gasteiger partial charge in [0.1, 0.15) is 11.2 Å². The summed E-state index contributed by atoms with van der Waals surface area (Å²) in [6.07, 6.45) is 2.11. The number of carbonyl (C=O) groups excluding carboxylic acids is 2. The van der Waals surface area contributed by atoms with Gasteiger partial charge < -0.3 is 9.32 Å². The molecule has 1 aromatic rings. The largest absolute Gasteiger partial charge is 0.458 e. The smallest absolute Gasteiger partial charge is 0.289 e. The van der Waals surface area contributed by atoms with Gasteiger partial charge in [0.05, 0.1) is 11.8 Å². The van der Waals surface area contributed by atoms with E-state index in [1.807, 2.05) is 11.6 Å². The molecular weight excluding hydrogens is 366 g/mol. The number of nitrogens with one attached hydrogen (secondary N) is 1. The summed E-state index contributed by atoms with van der Waals surface area (Å²) >= 11 is 1.30. The van der Waals surface area contributed by atoms with Crippen LogP contribution >= 0.6 is 11.8 Å². The Balaban J connectivity index is 2.02. The van der Waals surface area contributed by atoms with E-state index in [1.165, 1.54) is 16.7 Å². The first-order valence-electron chi connectivity index (χ1n) is 7.78. The number of carbonyl (C=O) groups is 2. The molecule has 1 aromatic heterocycles. The zero-order valence-corrected chi connectivity index (χ0v) is 15.4. The first-order chi connectivity index (χ1) is 11.9. The van der Waals surface area contributed by atoms with Crippen LogP contribution in [-0.4, -0.2) is 49.7 Å². The molecule has 0 saturated carbocycles. The van der Waals surface area contributed by atoms with Crippen molar-refractivity contribution >= 4 is 33.6 Å². The lowest BCUT2D eigenvalue weighted by molar-refractivity contribution is -0.116. The Hall–Kier alpha value is -1.99. The predicted octanol–water partition coefficient (Wildman–Crippen LogP) is 1.21. The summed E-state index contributed by atoms with van der Waals surface area (Å²) in [5, 5.41) is 8.88. The molecule has 2 amide bonds. The maximum Gasteiger partial charge on any atom is 0.289 e. The number of sulfonamides is 1. The Bertz CT molecular complexity index is 773. The summed E-state index contributed by atoms with van der Waals surface area (Å²) in [5.41, 5.74) is 0. The van der Waals surface area contributed by atoms with Crippen LogP contribution in [0.3, 0.4) is 0 Å². The number of likely N-dealkylation sites (tertiary alicyclic amines) is 1. The summed E-state index contributed by atoms with van der Waals surface area (Å²) in [6, 6.07) is 3.29. The SMILES string of the molecule is CCSCC(=O)NS(=O)(=O)c1coc(C(=O)N2CCC(C#N)CC2)c1. The highest BCUT2D eigenvalue weighted by Gasteiger charge is 2.27. The fourth-order valence-electron chi connectivity index (χ4n) is 2.37. The number of piperidine rings is 1. The molecule has 0 spiro atoms. The molecule has 1 fully saturated rings. The van der Waals surface area contributed by atoms with E-state index in [1.54, 1.807) is 0 Å². The number of rotatable bonds is 6. The van der Waals surface area contributed by atoms with E-state index in [-0.39, 0.29) is 22.3 Å². The van der Waals surface area contributed by atoms with Gasteiger partial charge >= 0.3 is 0 Å². The molecule has 0 aliphatic carbocycles. The molecule has 136 valence electrons. The minimum Gasteiger partial charge on any atom is -0.458 e. The van der Waals surface area contributed by atoms with Crippen LogP contribution in [-0.2, 0) is 14.8 Å². The Morgan fingerprint density at radius 2 is 2.12 bits per heavy atom. The zero-order chi connectivity index (χ0) is 18.4. The van der Waals surface area contributed by atoms with Crippen LogP contribution in [0.2, 0.25) is 0 Å². The van der Waals surface area contributed by atoms with Crippen molar-refractivity contribution in [3.63, 3.8) is 0 Å². The lowest BCUT2D eigenvalue weighted by Gasteiger charge is -2.28. The van der Waals surface area contributed by atoms with Gasteiger partial charge in [0.25, 0.3) is 15.9 Å². The molecule has 0 atom stereocenters. The van der Waals surface area contributed by atoms with E-state index in [4.69, 9.17) is 9.68 Å². The molecule has 2 rings (SSSR count). The van der Waals surface area contributed by atoms with Gasteiger partial charge in [-0.05, 0) is 18.6 Å². The van der Waals surface area contributed by atoms with Crippen LogP contribution in [0.25, 0.3) is 0 Å². The molecule has 1 saturated heterocycles. The average Bonchev–Trinajstić information content (AvgIpc) is 3.10. The maximum atomic E-state index is 12.4. The van der Waals surface area contributed by atoms with Crippen LogP contribution in [0.1, 0.15) is 30.3 Å². The van der Waals surface area contributed by atoms with E-state index in [0.717, 1.165) is 12.3 Å². The minimum absolute atomic E-state index is 0.0349. The molecule has 10 heteroatoms. The fourth-order valence-corrected chi connectivity index (χ4v) is 3.85. The van der Waals surface area contributed by atoms with Gasteiger partial charge in [-0.2, -0.15) is 17.0 Å². The summed E-state index contributed by atoms with van der Waals surface area (Å²) in [5.74, 6) is -0.489. The number of hydrogen-bond acceptors (Lipinski definition) is 7. The lowest BCUT2D eigenvalue weighted by Crippen LogP contribution is -2.38. The van der Waals surface area contributed by atoms with Gasteiger partial charge in [0.15, 0.2) is 5.76 Å². The zero-order valence-electron chi connectivity index (χ0n) is 13.7. The molecule has 1 aliphatic rings. The maximum absolute atomic E-state index is 12.4. The van der Waals surface area contributed by atoms with E-state index < -0.39 is 21.8 Å². The molecular formula is C15H19N3O5S2. The van der Waals surface area contributed by atoms with Crippen molar-refractivity contribution in [1.82, 2.24) is 9.62 Å². The van der Waals surface area contributed by atoms with Gasteiger partial charge in [0.2, 0.25) is 5.91 Å². The summed E-state index contributed by atoms with van der Waals surface area (Å²) in [6.45, 7) is 2.70. The van der Waals surface area contributed by atoms with Crippen LogP contribution in [0.4, 0.5) is 0 Å². The first kappa shape index (κ1) is 19.3. The molecule has 0 radical (unpaired) electrons. The summed E-state index contributed by atoms with van der Waals surface area (Å²) < 4.78 is 31.3. The Morgan fingerprint density at radius 1 is 1.44 bits per heavy atom. The van der Waals surface area contributed by atoms with Crippen molar-refractivity contribution in [2.24, 2.45) is 5.92 Å². The quantitative estimate of drug-likeness (QED) is 0.781. The highest BCUT2D eigenvalue weighted by molar-refractivity contribution is 8.00. The van der Waals surface area contributed by atoms with Crippen molar-refractivity contribution in [2.45, 2.75) is 24.7 Å². The normalized spacial score (nSPS) is 15.6. The molecule has 0 bridgehead atoms. The second-order valence-corrected chi connectivity index (χ2v) is 8.46. The third kappa shape index (κ3) is 4.99. The van der Waals surface area contributed by atoms with E-state index in [9.17, 15) is 18.0 Å². The highest BCUT2D eigenvalue weighted by Crippen LogP contribution is 2.20. The number of thioether (sulfide) groups is 1. The topological polar surface area (TPSA) is 120 Å². The van der Waals surface area contributed by atoms with Gasteiger partial charge in [-0.3, -0.25) is 9.59 Å². The molecule has 0 unspecified atom stereocenters. The van der Waals surface area contributed by atoms with Gasteiger partial charge in [-0.15, -0.1) is 0 Å². The van der Waals surface area contributed by atoms with Crippen molar-refractivity contribution < 1.29 is 22.4 Å². The van der Waals surface area contributed by atoms with Crippen LogP contribution in [0.15, 0.2) is 21.6 Å². The number of hydrogen-bond donors (Lipinski definition) is 1. The second-order valence-electron chi connectivity index (χ2n) is 5.51. The minimum atomic E-state index is -4.07. The average molecular weight is 385 g/mol. The van der Waals surface area contributed by atoms with Crippen LogP contribution in [0, 0.1) is 17.2 Å². The van der Waals surface area contributed by atoms with Gasteiger partial charge in [-0.1, -0.05) is 6.92 Å². The van der Waals surface area contributed by atoms with Gasteiger partial charge in [0, 0.05) is 25.1 Å². The molecule has 8 nitrogen and oxygen atoms in total. The van der Waals surface area contributed by atoms with Gasteiger partial charge in [-0.25, -0.2) is 13.1 Å². The summed E-state index contributed by atoms with van der Waals surface area (Å²) in [4.78, 5) is 25.2. The Labute approximate surface area is 150 Å². The highest BCUT2D eigenvalue weighted by atomic mass is 32.2. The fraction of sp³-hybridized carbons (Fsp3) is 0.533. The number of furan rings is 1. The van der Waals surface area contributed by atoms with E-state index >= 15 is 0 Å².